The van der Waals surface area contributed by atoms with Gasteiger partial charge in [-0.25, -0.2) is 0 Å². The number of para-hydroxylation sites is 1. The predicted octanol–water partition coefficient (Wildman–Crippen LogP) is 3.41. The fourth-order valence-electron chi connectivity index (χ4n) is 2.54. The lowest BCUT2D eigenvalue weighted by atomic mass is 10.1. The fraction of sp³-hybridized carbons (Fsp3) is 0.125. The normalized spacial score (nSPS) is 14.1. The molecular formula is C16H15NO3S. The Hall–Kier alpha value is -2.11. The summed E-state index contributed by atoms with van der Waals surface area (Å²) in [6.07, 6.45) is 3.98. The number of fused-ring (bicyclic) bond motifs is 1. The van der Waals surface area contributed by atoms with Crippen molar-refractivity contribution in [3.05, 3.63) is 59.7 Å². The van der Waals surface area contributed by atoms with Gasteiger partial charge in [-0.1, -0.05) is 36.4 Å². The van der Waals surface area contributed by atoms with E-state index >= 15 is 0 Å². The SMILES string of the molecule is Cc1ccc(S(=O)(=O)O)c(N2CC=Cc3ccccc32)c1. The van der Waals surface area contributed by atoms with Gasteiger partial charge >= 0.3 is 0 Å². The second-order valence-electron chi connectivity index (χ2n) is 5.02. The van der Waals surface area contributed by atoms with Crippen LogP contribution in [-0.2, 0) is 10.1 Å². The second-order valence-corrected chi connectivity index (χ2v) is 6.41. The molecule has 21 heavy (non-hydrogen) atoms. The van der Waals surface area contributed by atoms with E-state index in [1.165, 1.54) is 6.07 Å². The summed E-state index contributed by atoms with van der Waals surface area (Å²) in [5.41, 5.74) is 3.38. The van der Waals surface area contributed by atoms with Crippen LogP contribution in [-0.4, -0.2) is 19.5 Å². The van der Waals surface area contributed by atoms with Gasteiger partial charge in [0.25, 0.3) is 10.1 Å². The first-order valence-corrected chi connectivity index (χ1v) is 8.02. The van der Waals surface area contributed by atoms with Crippen LogP contribution in [0.2, 0.25) is 0 Å². The smallest absolute Gasteiger partial charge is 0.296 e. The molecule has 0 fully saturated rings. The summed E-state index contributed by atoms with van der Waals surface area (Å²) in [4.78, 5) is 1.82. The maximum absolute atomic E-state index is 11.6. The van der Waals surface area contributed by atoms with Gasteiger partial charge in [0.15, 0.2) is 0 Å². The summed E-state index contributed by atoms with van der Waals surface area (Å²) in [5.74, 6) is 0. The minimum absolute atomic E-state index is 0.0711. The maximum Gasteiger partial charge on any atom is 0.296 e. The van der Waals surface area contributed by atoms with E-state index in [4.69, 9.17) is 0 Å². The molecule has 108 valence electrons. The zero-order valence-corrected chi connectivity index (χ0v) is 12.3. The van der Waals surface area contributed by atoms with Gasteiger partial charge in [0.05, 0.1) is 5.69 Å². The molecule has 0 bridgehead atoms. The summed E-state index contributed by atoms with van der Waals surface area (Å²) in [7, 11) is -4.27. The molecule has 0 saturated heterocycles. The molecule has 0 amide bonds. The van der Waals surface area contributed by atoms with Gasteiger partial charge in [0, 0.05) is 12.2 Å². The van der Waals surface area contributed by atoms with Crippen LogP contribution in [0, 0.1) is 6.92 Å². The number of aryl methyl sites for hydroxylation is 1. The molecule has 0 atom stereocenters. The molecule has 3 rings (SSSR count). The number of benzene rings is 2. The van der Waals surface area contributed by atoms with Crippen molar-refractivity contribution in [1.82, 2.24) is 0 Å². The van der Waals surface area contributed by atoms with Crippen molar-refractivity contribution >= 4 is 27.6 Å². The molecule has 0 unspecified atom stereocenters. The number of hydrogen-bond donors (Lipinski definition) is 1. The molecule has 0 radical (unpaired) electrons. The maximum atomic E-state index is 11.6. The van der Waals surface area contributed by atoms with Crippen LogP contribution in [0.3, 0.4) is 0 Å². The van der Waals surface area contributed by atoms with Crippen molar-refractivity contribution in [2.24, 2.45) is 0 Å². The third-order valence-electron chi connectivity index (χ3n) is 3.50. The summed E-state index contributed by atoms with van der Waals surface area (Å²) in [6, 6.07) is 12.7. The Balaban J connectivity index is 2.22. The van der Waals surface area contributed by atoms with E-state index in [9.17, 15) is 13.0 Å². The summed E-state index contributed by atoms with van der Waals surface area (Å²) >= 11 is 0. The zero-order valence-electron chi connectivity index (χ0n) is 11.5. The lowest BCUT2D eigenvalue weighted by molar-refractivity contribution is 0.483. The largest absolute Gasteiger partial charge is 0.336 e. The molecule has 0 spiro atoms. The highest BCUT2D eigenvalue weighted by molar-refractivity contribution is 7.86. The molecule has 0 aromatic heterocycles. The van der Waals surface area contributed by atoms with Gasteiger partial charge in [0.2, 0.25) is 0 Å². The Kier molecular flexibility index (Phi) is 3.31. The van der Waals surface area contributed by atoms with Gasteiger partial charge in [0.1, 0.15) is 4.90 Å². The zero-order chi connectivity index (χ0) is 15.0. The van der Waals surface area contributed by atoms with E-state index in [2.05, 4.69) is 0 Å². The molecule has 1 N–H and O–H groups in total. The third kappa shape index (κ3) is 2.57. The van der Waals surface area contributed by atoms with Crippen LogP contribution in [0.1, 0.15) is 11.1 Å². The summed E-state index contributed by atoms with van der Waals surface area (Å²) in [6.45, 7) is 2.45. The van der Waals surface area contributed by atoms with E-state index in [1.54, 1.807) is 12.1 Å². The molecule has 0 saturated carbocycles. The van der Waals surface area contributed by atoms with E-state index in [0.717, 1.165) is 16.8 Å². The Morgan fingerprint density at radius 2 is 1.86 bits per heavy atom. The molecule has 4 nitrogen and oxygen atoms in total. The highest BCUT2D eigenvalue weighted by atomic mass is 32.2. The third-order valence-corrected chi connectivity index (χ3v) is 4.40. The first-order valence-electron chi connectivity index (χ1n) is 6.58. The Bertz CT molecular complexity index is 825. The minimum atomic E-state index is -4.27. The predicted molar refractivity (Wildman–Crippen MR) is 83.5 cm³/mol. The van der Waals surface area contributed by atoms with Crippen LogP contribution in [0.5, 0.6) is 0 Å². The summed E-state index contributed by atoms with van der Waals surface area (Å²) in [5, 5.41) is 0. The Labute approximate surface area is 124 Å². The summed E-state index contributed by atoms with van der Waals surface area (Å²) < 4.78 is 32.7. The molecule has 0 aliphatic carbocycles. The van der Waals surface area contributed by atoms with Crippen molar-refractivity contribution in [3.8, 4) is 0 Å². The lowest BCUT2D eigenvalue weighted by Crippen LogP contribution is -2.22. The van der Waals surface area contributed by atoms with Crippen LogP contribution < -0.4 is 4.90 Å². The van der Waals surface area contributed by atoms with Crippen LogP contribution in [0.25, 0.3) is 6.08 Å². The molecular weight excluding hydrogens is 286 g/mol. The molecule has 2 aromatic rings. The van der Waals surface area contributed by atoms with Crippen LogP contribution >= 0.6 is 0 Å². The first-order chi connectivity index (χ1) is 9.97. The van der Waals surface area contributed by atoms with Crippen molar-refractivity contribution < 1.29 is 13.0 Å². The highest BCUT2D eigenvalue weighted by Crippen LogP contribution is 2.36. The van der Waals surface area contributed by atoms with Gasteiger partial charge < -0.3 is 4.90 Å². The topological polar surface area (TPSA) is 57.6 Å². The highest BCUT2D eigenvalue weighted by Gasteiger charge is 2.22. The number of rotatable bonds is 2. The molecule has 5 heteroatoms. The monoisotopic (exact) mass is 301 g/mol. The van der Waals surface area contributed by atoms with E-state index < -0.39 is 10.1 Å². The molecule has 1 heterocycles. The van der Waals surface area contributed by atoms with Crippen LogP contribution in [0.4, 0.5) is 11.4 Å². The van der Waals surface area contributed by atoms with Gasteiger partial charge in [-0.2, -0.15) is 8.42 Å². The lowest BCUT2D eigenvalue weighted by Gasteiger charge is -2.29. The molecule has 1 aliphatic rings. The van der Waals surface area contributed by atoms with Gasteiger partial charge in [-0.05, 0) is 36.2 Å². The standard InChI is InChI=1S/C16H15NO3S/c1-12-8-9-16(21(18,19)20)15(11-12)17-10-4-6-13-5-2-3-7-14(13)17/h2-9,11H,10H2,1H3,(H,18,19,20). The minimum Gasteiger partial charge on any atom is -0.336 e. The molecule has 1 aliphatic heterocycles. The van der Waals surface area contributed by atoms with Gasteiger partial charge in [-0.3, -0.25) is 4.55 Å². The number of hydrogen-bond acceptors (Lipinski definition) is 3. The Morgan fingerprint density at radius 1 is 1.10 bits per heavy atom. The average Bonchev–Trinajstić information content (AvgIpc) is 2.45. The quantitative estimate of drug-likeness (QED) is 0.864. The van der Waals surface area contributed by atoms with Crippen molar-refractivity contribution in [2.45, 2.75) is 11.8 Å². The number of anilines is 2. The van der Waals surface area contributed by atoms with Crippen molar-refractivity contribution in [3.63, 3.8) is 0 Å². The first kappa shape index (κ1) is 13.9. The van der Waals surface area contributed by atoms with Crippen LogP contribution in [0.15, 0.2) is 53.4 Å². The van der Waals surface area contributed by atoms with E-state index in [1.807, 2.05) is 48.2 Å². The van der Waals surface area contributed by atoms with Gasteiger partial charge in [-0.15, -0.1) is 0 Å². The fourth-order valence-corrected chi connectivity index (χ4v) is 3.22. The molecule has 2 aromatic carbocycles. The number of nitrogens with zero attached hydrogens (tertiary/aromatic N) is 1. The van der Waals surface area contributed by atoms with Crippen molar-refractivity contribution in [1.29, 1.82) is 0 Å². The Morgan fingerprint density at radius 3 is 2.62 bits per heavy atom. The average molecular weight is 301 g/mol. The van der Waals surface area contributed by atoms with E-state index in [0.29, 0.717) is 12.2 Å². The second kappa shape index (κ2) is 5.02. The van der Waals surface area contributed by atoms with Crippen molar-refractivity contribution in [2.75, 3.05) is 11.4 Å². The van der Waals surface area contributed by atoms with E-state index in [-0.39, 0.29) is 4.90 Å².